The molecule has 1 fully saturated rings. The highest BCUT2D eigenvalue weighted by Crippen LogP contribution is 2.21. The molecular formula is C22H22BrClN4O2. The Bertz CT molecular complexity index is 1140. The number of halogens is 2. The molecule has 2 heterocycles. The first-order valence-electron chi connectivity index (χ1n) is 9.97. The second-order valence-electron chi connectivity index (χ2n) is 7.38. The van der Waals surface area contributed by atoms with Gasteiger partial charge in [0.1, 0.15) is 0 Å². The first-order chi connectivity index (χ1) is 14.5. The Labute approximate surface area is 188 Å². The van der Waals surface area contributed by atoms with Crippen LogP contribution in [0.2, 0.25) is 5.02 Å². The highest BCUT2D eigenvalue weighted by molar-refractivity contribution is 9.10. The molecule has 0 aliphatic carbocycles. The summed E-state index contributed by atoms with van der Waals surface area (Å²) in [5.41, 5.74) is 0.943. The van der Waals surface area contributed by atoms with Crippen molar-refractivity contribution < 1.29 is 4.79 Å². The molecule has 0 bridgehead atoms. The number of hydrogen-bond donors (Lipinski definition) is 1. The normalized spacial score (nSPS) is 14.3. The predicted molar refractivity (Wildman–Crippen MR) is 122 cm³/mol. The molecule has 4 rings (SSSR count). The third-order valence-electron chi connectivity index (χ3n) is 5.36. The van der Waals surface area contributed by atoms with Crippen molar-refractivity contribution in [3.8, 4) is 0 Å². The maximum atomic E-state index is 12.9. The Morgan fingerprint density at radius 2 is 1.83 bits per heavy atom. The monoisotopic (exact) mass is 488 g/mol. The summed E-state index contributed by atoms with van der Waals surface area (Å²) in [6.45, 7) is 3.66. The third-order valence-corrected chi connectivity index (χ3v) is 6.18. The molecule has 156 valence electrons. The van der Waals surface area contributed by atoms with Gasteiger partial charge in [0.2, 0.25) is 0 Å². The summed E-state index contributed by atoms with van der Waals surface area (Å²) in [7, 11) is 0. The van der Waals surface area contributed by atoms with Crippen molar-refractivity contribution in [1.29, 1.82) is 0 Å². The van der Waals surface area contributed by atoms with E-state index in [0.29, 0.717) is 28.2 Å². The summed E-state index contributed by atoms with van der Waals surface area (Å²) in [6.07, 6.45) is 2.41. The largest absolute Gasteiger partial charge is 0.346 e. The second kappa shape index (κ2) is 9.29. The first kappa shape index (κ1) is 21.0. The zero-order valence-corrected chi connectivity index (χ0v) is 18.7. The molecule has 6 nitrogen and oxygen atoms in total. The number of amides is 1. The van der Waals surface area contributed by atoms with Crippen LogP contribution in [0.5, 0.6) is 0 Å². The van der Waals surface area contributed by atoms with Crippen LogP contribution < -0.4 is 10.9 Å². The van der Waals surface area contributed by atoms with Gasteiger partial charge in [-0.25, -0.2) is 4.68 Å². The number of rotatable bonds is 6. The Balaban J connectivity index is 1.59. The number of nitrogens with one attached hydrogen (secondary N) is 1. The molecular weight excluding hydrogens is 468 g/mol. The minimum atomic E-state index is -0.290. The Kier molecular flexibility index (Phi) is 6.51. The van der Waals surface area contributed by atoms with E-state index in [-0.39, 0.29) is 18.0 Å². The Morgan fingerprint density at radius 3 is 2.60 bits per heavy atom. The molecule has 1 aliphatic heterocycles. The van der Waals surface area contributed by atoms with E-state index in [9.17, 15) is 9.59 Å². The number of fused-ring (bicyclic) bond motifs is 1. The van der Waals surface area contributed by atoms with E-state index in [1.807, 2.05) is 24.3 Å². The van der Waals surface area contributed by atoms with Gasteiger partial charge in [0, 0.05) is 16.4 Å². The molecule has 30 heavy (non-hydrogen) atoms. The number of carbonyl (C=O) groups excluding carboxylic acids is 1. The van der Waals surface area contributed by atoms with Gasteiger partial charge in [0.25, 0.3) is 11.5 Å². The summed E-state index contributed by atoms with van der Waals surface area (Å²) in [4.78, 5) is 27.9. The first-order valence-corrected chi connectivity index (χ1v) is 11.1. The Morgan fingerprint density at radius 1 is 1.10 bits per heavy atom. The smallest absolute Gasteiger partial charge is 0.274 e. The van der Waals surface area contributed by atoms with E-state index in [1.54, 1.807) is 18.2 Å². The minimum Gasteiger partial charge on any atom is -0.346 e. The maximum absolute atomic E-state index is 12.9. The summed E-state index contributed by atoms with van der Waals surface area (Å²) >= 11 is 9.53. The van der Waals surface area contributed by atoms with E-state index in [0.717, 1.165) is 29.5 Å². The van der Waals surface area contributed by atoms with E-state index >= 15 is 0 Å². The van der Waals surface area contributed by atoms with Crippen molar-refractivity contribution in [3.05, 3.63) is 73.6 Å². The lowest BCUT2D eigenvalue weighted by Crippen LogP contribution is -2.32. The predicted octanol–water partition coefficient (Wildman–Crippen LogP) is 3.84. The molecule has 0 spiro atoms. The van der Waals surface area contributed by atoms with Gasteiger partial charge in [-0.05, 0) is 50.2 Å². The van der Waals surface area contributed by atoms with E-state index in [2.05, 4.69) is 31.2 Å². The quantitative estimate of drug-likeness (QED) is 0.571. The number of nitrogens with zero attached hydrogens (tertiary/aromatic N) is 3. The average molecular weight is 490 g/mol. The molecule has 0 radical (unpaired) electrons. The molecule has 1 aliphatic rings. The molecule has 8 heteroatoms. The van der Waals surface area contributed by atoms with Crippen molar-refractivity contribution in [2.24, 2.45) is 0 Å². The lowest BCUT2D eigenvalue weighted by molar-refractivity contribution is 0.0950. The van der Waals surface area contributed by atoms with Gasteiger partial charge in [-0.2, -0.15) is 5.10 Å². The third kappa shape index (κ3) is 4.58. The van der Waals surface area contributed by atoms with Crippen LogP contribution in [-0.4, -0.2) is 40.2 Å². The zero-order valence-electron chi connectivity index (χ0n) is 16.4. The number of likely N-dealkylation sites (tertiary alicyclic amines) is 1. The van der Waals surface area contributed by atoms with Crippen LogP contribution in [-0.2, 0) is 13.1 Å². The van der Waals surface area contributed by atoms with Crippen molar-refractivity contribution in [3.63, 3.8) is 0 Å². The molecule has 0 unspecified atom stereocenters. The minimum absolute atomic E-state index is 0.102. The highest BCUT2D eigenvalue weighted by Gasteiger charge is 2.16. The van der Waals surface area contributed by atoms with Gasteiger partial charge in [0.15, 0.2) is 0 Å². The number of hydrogen-bond acceptors (Lipinski definition) is 4. The van der Waals surface area contributed by atoms with E-state index < -0.39 is 0 Å². The topological polar surface area (TPSA) is 67.2 Å². The van der Waals surface area contributed by atoms with Gasteiger partial charge < -0.3 is 10.2 Å². The van der Waals surface area contributed by atoms with E-state index in [4.69, 9.17) is 11.6 Å². The van der Waals surface area contributed by atoms with Crippen LogP contribution in [0.3, 0.4) is 0 Å². The van der Waals surface area contributed by atoms with Gasteiger partial charge in [0.05, 0.1) is 34.8 Å². The summed E-state index contributed by atoms with van der Waals surface area (Å²) < 4.78 is 2.30. The average Bonchev–Trinajstić information content (AvgIpc) is 3.28. The molecule has 1 aromatic heterocycles. The van der Waals surface area contributed by atoms with Crippen LogP contribution in [0.25, 0.3) is 10.8 Å². The Hall–Kier alpha value is -2.22. The molecule has 3 aromatic rings. The van der Waals surface area contributed by atoms with Crippen LogP contribution in [0.15, 0.2) is 51.7 Å². The van der Waals surface area contributed by atoms with Crippen LogP contribution in [0, 0.1) is 0 Å². The van der Waals surface area contributed by atoms with Crippen LogP contribution in [0.1, 0.15) is 28.9 Å². The van der Waals surface area contributed by atoms with Crippen molar-refractivity contribution >= 4 is 44.2 Å². The number of aromatic nitrogens is 2. The SMILES string of the molecule is O=C(NCc1nn(CCN2CCCC2)c(=O)c2ccccc12)c1cc(Br)ccc1Cl. The molecule has 1 amide bonds. The zero-order chi connectivity index (χ0) is 21.1. The van der Waals surface area contributed by atoms with Crippen LogP contribution in [0.4, 0.5) is 0 Å². The maximum Gasteiger partial charge on any atom is 0.274 e. The molecule has 1 saturated heterocycles. The van der Waals surface area contributed by atoms with E-state index in [1.165, 1.54) is 17.5 Å². The number of benzene rings is 2. The molecule has 1 N–H and O–H groups in total. The van der Waals surface area contributed by atoms with Crippen LogP contribution >= 0.6 is 27.5 Å². The lowest BCUT2D eigenvalue weighted by Gasteiger charge is -2.16. The van der Waals surface area contributed by atoms with Crippen molar-refractivity contribution in [2.75, 3.05) is 19.6 Å². The van der Waals surface area contributed by atoms with Gasteiger partial charge in [-0.3, -0.25) is 9.59 Å². The highest BCUT2D eigenvalue weighted by atomic mass is 79.9. The lowest BCUT2D eigenvalue weighted by atomic mass is 10.1. The fourth-order valence-corrected chi connectivity index (χ4v) is 4.32. The second-order valence-corrected chi connectivity index (χ2v) is 8.70. The fourth-order valence-electron chi connectivity index (χ4n) is 3.76. The summed E-state index contributed by atoms with van der Waals surface area (Å²) in [6, 6.07) is 12.5. The molecule has 0 saturated carbocycles. The summed E-state index contributed by atoms with van der Waals surface area (Å²) in [5, 5.41) is 9.21. The summed E-state index contributed by atoms with van der Waals surface area (Å²) in [5.74, 6) is -0.290. The number of carbonyl (C=O) groups is 1. The van der Waals surface area contributed by atoms with Crippen molar-refractivity contribution in [2.45, 2.75) is 25.9 Å². The molecule has 0 atom stereocenters. The van der Waals surface area contributed by atoms with Gasteiger partial charge >= 0.3 is 0 Å². The fraction of sp³-hybridized carbons (Fsp3) is 0.318. The molecule has 2 aromatic carbocycles. The van der Waals surface area contributed by atoms with Crippen molar-refractivity contribution in [1.82, 2.24) is 20.0 Å². The standard InChI is InChI=1S/C22H22BrClN4O2/c23-15-7-8-19(24)18(13-15)21(29)25-14-20-16-5-1-2-6-17(16)22(30)28(26-20)12-11-27-9-3-4-10-27/h1-2,5-8,13H,3-4,9-12,14H2,(H,25,29). The van der Waals surface area contributed by atoms with Gasteiger partial charge in [-0.15, -0.1) is 0 Å². The van der Waals surface area contributed by atoms with Gasteiger partial charge in [-0.1, -0.05) is 45.7 Å².